The van der Waals surface area contributed by atoms with Crippen molar-refractivity contribution in [1.29, 1.82) is 0 Å². The van der Waals surface area contributed by atoms with E-state index >= 15 is 0 Å². The normalized spacial score (nSPS) is 15.9. The van der Waals surface area contributed by atoms with E-state index in [-0.39, 0.29) is 18.2 Å². The summed E-state index contributed by atoms with van der Waals surface area (Å²) in [7, 11) is 0. The van der Waals surface area contributed by atoms with Gasteiger partial charge in [-0.3, -0.25) is 4.79 Å². The van der Waals surface area contributed by atoms with Gasteiger partial charge in [0.1, 0.15) is 6.42 Å². The molecule has 3 rings (SSSR count). The van der Waals surface area contributed by atoms with Gasteiger partial charge in [-0.05, 0) is 36.5 Å². The molecule has 122 valence electrons. The molecule has 0 unspecified atom stereocenters. The third-order valence-corrected chi connectivity index (χ3v) is 4.79. The van der Waals surface area contributed by atoms with Crippen LogP contribution in [0.3, 0.4) is 0 Å². The number of nitrogens with zero attached hydrogens (tertiary/aromatic N) is 3. The zero-order valence-corrected chi connectivity index (χ0v) is 14.3. The van der Waals surface area contributed by atoms with Crippen molar-refractivity contribution in [2.75, 3.05) is 13.1 Å². The Kier molecular flexibility index (Phi) is 4.87. The fourth-order valence-corrected chi connectivity index (χ4v) is 3.67. The minimum absolute atomic E-state index is 0.0114. The monoisotopic (exact) mass is 353 g/mol. The summed E-state index contributed by atoms with van der Waals surface area (Å²) in [5.41, 5.74) is 0.996. The van der Waals surface area contributed by atoms with Crippen molar-refractivity contribution in [1.82, 2.24) is 15.1 Å². The van der Waals surface area contributed by atoms with Crippen molar-refractivity contribution in [3.05, 3.63) is 45.6 Å². The molecule has 1 aromatic heterocycles. The molecule has 0 radical (unpaired) electrons. The Bertz CT molecular complexity index is 689. The summed E-state index contributed by atoms with van der Waals surface area (Å²) >= 11 is 12.6. The lowest BCUT2D eigenvalue weighted by atomic mass is 9.89. The van der Waals surface area contributed by atoms with Crippen molar-refractivity contribution < 1.29 is 9.21 Å². The number of amides is 1. The molecule has 0 bridgehead atoms. The van der Waals surface area contributed by atoms with Gasteiger partial charge in [0.25, 0.3) is 0 Å². The van der Waals surface area contributed by atoms with E-state index in [0.29, 0.717) is 34.9 Å². The maximum Gasteiger partial charge on any atom is 0.231 e. The van der Waals surface area contributed by atoms with E-state index in [0.717, 1.165) is 18.4 Å². The molecule has 7 heteroatoms. The Labute approximate surface area is 144 Å². The number of benzene rings is 1. The van der Waals surface area contributed by atoms with Gasteiger partial charge in [0.15, 0.2) is 0 Å². The first-order chi connectivity index (χ1) is 11.0. The van der Waals surface area contributed by atoms with Crippen molar-refractivity contribution in [3.63, 3.8) is 0 Å². The summed E-state index contributed by atoms with van der Waals surface area (Å²) in [4.78, 5) is 14.1. The lowest BCUT2D eigenvalue weighted by Crippen LogP contribution is -2.38. The number of rotatable bonds is 3. The van der Waals surface area contributed by atoms with Gasteiger partial charge in [0.2, 0.25) is 17.7 Å². The molecule has 1 amide bonds. The standard InChI is InChI=1S/C16H17Cl2N3O2/c1-10-19-20-14(23-10)9-15(22)21-7-5-11(6-8-21)16-12(17)3-2-4-13(16)18/h2-4,11H,5-9H2,1H3. The van der Waals surface area contributed by atoms with Crippen LogP contribution < -0.4 is 0 Å². The number of likely N-dealkylation sites (tertiary alicyclic amines) is 1. The third kappa shape index (κ3) is 3.67. The van der Waals surface area contributed by atoms with E-state index in [1.165, 1.54) is 0 Å². The number of halogens is 2. The minimum Gasteiger partial charge on any atom is -0.425 e. The molecule has 0 aliphatic carbocycles. The van der Waals surface area contributed by atoms with Crippen LogP contribution in [-0.2, 0) is 11.2 Å². The fraction of sp³-hybridized carbons (Fsp3) is 0.438. The van der Waals surface area contributed by atoms with Crippen LogP contribution in [0, 0.1) is 6.92 Å². The highest BCUT2D eigenvalue weighted by Gasteiger charge is 2.27. The lowest BCUT2D eigenvalue weighted by molar-refractivity contribution is -0.131. The maximum absolute atomic E-state index is 12.3. The molecule has 2 aromatic rings. The van der Waals surface area contributed by atoms with Crippen LogP contribution in [0.25, 0.3) is 0 Å². The summed E-state index contributed by atoms with van der Waals surface area (Å²) in [6.07, 6.45) is 1.84. The van der Waals surface area contributed by atoms with Crippen LogP contribution in [-0.4, -0.2) is 34.1 Å². The van der Waals surface area contributed by atoms with Crippen molar-refractivity contribution in [2.45, 2.75) is 32.1 Å². The summed E-state index contributed by atoms with van der Waals surface area (Å²) < 4.78 is 5.26. The molecule has 2 heterocycles. The number of hydrogen-bond acceptors (Lipinski definition) is 4. The van der Waals surface area contributed by atoms with Crippen molar-refractivity contribution in [3.8, 4) is 0 Å². The van der Waals surface area contributed by atoms with Crippen LogP contribution in [0.1, 0.15) is 36.1 Å². The minimum atomic E-state index is 0.0114. The van der Waals surface area contributed by atoms with Gasteiger partial charge in [-0.1, -0.05) is 29.3 Å². The second kappa shape index (κ2) is 6.89. The highest BCUT2D eigenvalue weighted by atomic mass is 35.5. The maximum atomic E-state index is 12.3. The van der Waals surface area contributed by atoms with Gasteiger partial charge in [-0.15, -0.1) is 10.2 Å². The van der Waals surface area contributed by atoms with E-state index in [4.69, 9.17) is 27.6 Å². The highest BCUT2D eigenvalue weighted by molar-refractivity contribution is 6.36. The second-order valence-corrected chi connectivity index (χ2v) is 6.50. The number of piperidine rings is 1. The quantitative estimate of drug-likeness (QED) is 0.845. The topological polar surface area (TPSA) is 59.2 Å². The largest absolute Gasteiger partial charge is 0.425 e. The molecule has 0 atom stereocenters. The van der Waals surface area contributed by atoms with Gasteiger partial charge >= 0.3 is 0 Å². The Morgan fingerprint density at radius 3 is 2.48 bits per heavy atom. The van der Waals surface area contributed by atoms with E-state index < -0.39 is 0 Å². The predicted molar refractivity (Wildman–Crippen MR) is 87.8 cm³/mol. The van der Waals surface area contributed by atoms with Crippen molar-refractivity contribution >= 4 is 29.1 Å². The van der Waals surface area contributed by atoms with Crippen molar-refractivity contribution in [2.24, 2.45) is 0 Å². The van der Waals surface area contributed by atoms with E-state index in [1.54, 1.807) is 6.92 Å². The molecule has 23 heavy (non-hydrogen) atoms. The molecule has 0 saturated carbocycles. The van der Waals surface area contributed by atoms with Gasteiger partial charge in [-0.25, -0.2) is 0 Å². The van der Waals surface area contributed by atoms with Crippen LogP contribution in [0.4, 0.5) is 0 Å². The molecule has 1 aliphatic rings. The number of aryl methyl sites for hydroxylation is 1. The molecule has 0 spiro atoms. The molecule has 5 nitrogen and oxygen atoms in total. The number of aromatic nitrogens is 2. The summed E-state index contributed by atoms with van der Waals surface area (Å²) in [5.74, 6) is 1.13. The number of carbonyl (C=O) groups excluding carboxylic acids is 1. The summed E-state index contributed by atoms with van der Waals surface area (Å²) in [6.45, 7) is 3.07. The van der Waals surface area contributed by atoms with Crippen LogP contribution in [0.15, 0.2) is 22.6 Å². The van der Waals surface area contributed by atoms with Crippen LogP contribution in [0.5, 0.6) is 0 Å². The van der Waals surface area contributed by atoms with E-state index in [2.05, 4.69) is 10.2 Å². The molecule has 1 aromatic carbocycles. The Morgan fingerprint density at radius 2 is 1.91 bits per heavy atom. The summed E-state index contributed by atoms with van der Waals surface area (Å²) in [6, 6.07) is 5.57. The van der Waals surface area contributed by atoms with E-state index in [1.807, 2.05) is 23.1 Å². The second-order valence-electron chi connectivity index (χ2n) is 5.68. The van der Waals surface area contributed by atoms with E-state index in [9.17, 15) is 4.79 Å². The molecule has 1 saturated heterocycles. The smallest absolute Gasteiger partial charge is 0.231 e. The van der Waals surface area contributed by atoms with Gasteiger partial charge in [-0.2, -0.15) is 0 Å². The van der Waals surface area contributed by atoms with Crippen LogP contribution >= 0.6 is 23.2 Å². The fourth-order valence-electron chi connectivity index (χ4n) is 2.97. The molecular formula is C16H17Cl2N3O2. The van der Waals surface area contributed by atoms with Crippen LogP contribution in [0.2, 0.25) is 10.0 Å². The first-order valence-corrected chi connectivity index (χ1v) is 8.31. The van der Waals surface area contributed by atoms with Gasteiger partial charge < -0.3 is 9.32 Å². The average Bonchev–Trinajstić information content (AvgIpc) is 2.93. The number of hydrogen-bond donors (Lipinski definition) is 0. The Balaban J connectivity index is 1.61. The first kappa shape index (κ1) is 16.3. The van der Waals surface area contributed by atoms with Gasteiger partial charge in [0, 0.05) is 30.1 Å². The molecule has 1 fully saturated rings. The highest BCUT2D eigenvalue weighted by Crippen LogP contribution is 2.37. The Morgan fingerprint density at radius 1 is 1.26 bits per heavy atom. The molecule has 1 aliphatic heterocycles. The first-order valence-electron chi connectivity index (χ1n) is 7.55. The zero-order chi connectivity index (χ0) is 16.4. The molecular weight excluding hydrogens is 337 g/mol. The summed E-state index contributed by atoms with van der Waals surface area (Å²) in [5, 5.41) is 9.00. The lowest BCUT2D eigenvalue weighted by Gasteiger charge is -2.32. The third-order valence-electron chi connectivity index (χ3n) is 4.13. The predicted octanol–water partition coefficient (Wildman–Crippen LogP) is 3.63. The SMILES string of the molecule is Cc1nnc(CC(=O)N2CCC(c3c(Cl)cccc3Cl)CC2)o1. The average molecular weight is 354 g/mol. The zero-order valence-electron chi connectivity index (χ0n) is 12.8. The molecule has 0 N–H and O–H groups in total. The Hall–Kier alpha value is -1.59. The van der Waals surface area contributed by atoms with Gasteiger partial charge in [0.05, 0.1) is 0 Å². The number of carbonyl (C=O) groups is 1.